The Hall–Kier alpha value is -1.94. The Kier molecular flexibility index (Phi) is 58.7. The molecule has 0 saturated heterocycles. The minimum Gasteiger partial charge on any atom is -0.462 e. The zero-order valence-electron chi connectivity index (χ0n) is 57.2. The molecule has 5 atom stereocenters. The molecule has 522 valence electrons. The van der Waals surface area contributed by atoms with Crippen LogP contribution in [-0.2, 0) is 65.4 Å². The van der Waals surface area contributed by atoms with Gasteiger partial charge in [0.05, 0.1) is 26.4 Å². The highest BCUT2D eigenvalue weighted by atomic mass is 31.2. The van der Waals surface area contributed by atoms with E-state index in [1.165, 1.54) is 148 Å². The number of unbranched alkanes of at least 4 members (excludes halogenated alkanes) is 35. The Morgan fingerprint density at radius 3 is 0.773 bits per heavy atom. The highest BCUT2D eigenvalue weighted by Crippen LogP contribution is 2.45. The van der Waals surface area contributed by atoms with Crippen molar-refractivity contribution in [3.63, 3.8) is 0 Å². The minimum atomic E-state index is -4.95. The molecule has 0 aromatic carbocycles. The maximum atomic E-state index is 13.0. The largest absolute Gasteiger partial charge is 0.472 e. The molecule has 0 fully saturated rings. The van der Waals surface area contributed by atoms with Crippen molar-refractivity contribution >= 4 is 39.5 Å². The normalized spacial score (nSPS) is 14.2. The zero-order chi connectivity index (χ0) is 65.2. The van der Waals surface area contributed by atoms with Crippen molar-refractivity contribution in [3.8, 4) is 0 Å². The number of phosphoric acid groups is 2. The van der Waals surface area contributed by atoms with E-state index in [1.54, 1.807) is 0 Å². The fraction of sp³-hybridized carbons (Fsp3) is 0.942. The van der Waals surface area contributed by atoms with E-state index in [0.29, 0.717) is 31.6 Å². The molecule has 17 nitrogen and oxygen atoms in total. The second kappa shape index (κ2) is 60.0. The third kappa shape index (κ3) is 62.8. The Morgan fingerprint density at radius 1 is 0.307 bits per heavy atom. The lowest BCUT2D eigenvalue weighted by molar-refractivity contribution is -0.161. The molecular formula is C69H134O17P2. The number of carbonyl (C=O) groups is 4. The van der Waals surface area contributed by atoms with Crippen molar-refractivity contribution in [1.82, 2.24) is 0 Å². The third-order valence-corrected chi connectivity index (χ3v) is 17.8. The Balaban J connectivity index is 5.20. The summed E-state index contributed by atoms with van der Waals surface area (Å²) in [7, 11) is -9.89. The van der Waals surface area contributed by atoms with Gasteiger partial charge in [-0.05, 0) is 43.4 Å². The first-order valence-corrected chi connectivity index (χ1v) is 38.8. The van der Waals surface area contributed by atoms with Crippen LogP contribution < -0.4 is 0 Å². The number of esters is 4. The molecule has 2 unspecified atom stereocenters. The Labute approximate surface area is 537 Å². The van der Waals surface area contributed by atoms with Gasteiger partial charge in [-0.15, -0.1) is 0 Å². The molecule has 0 heterocycles. The number of rotatable bonds is 67. The molecule has 0 aromatic rings. The monoisotopic (exact) mass is 1300 g/mol. The van der Waals surface area contributed by atoms with E-state index in [2.05, 4.69) is 48.5 Å². The van der Waals surface area contributed by atoms with Crippen LogP contribution in [0.5, 0.6) is 0 Å². The molecule has 19 heteroatoms. The van der Waals surface area contributed by atoms with Crippen molar-refractivity contribution in [2.75, 3.05) is 39.6 Å². The first-order valence-electron chi connectivity index (χ1n) is 35.8. The van der Waals surface area contributed by atoms with E-state index >= 15 is 0 Å². The van der Waals surface area contributed by atoms with Gasteiger partial charge in [0.2, 0.25) is 0 Å². The van der Waals surface area contributed by atoms with Gasteiger partial charge in [-0.25, -0.2) is 9.13 Å². The van der Waals surface area contributed by atoms with Crippen molar-refractivity contribution in [3.05, 3.63) is 0 Å². The first kappa shape index (κ1) is 86.1. The molecule has 0 aromatic heterocycles. The van der Waals surface area contributed by atoms with Crippen molar-refractivity contribution in [1.29, 1.82) is 0 Å². The second-order valence-corrected chi connectivity index (χ2v) is 29.3. The van der Waals surface area contributed by atoms with Crippen molar-refractivity contribution in [2.45, 2.75) is 362 Å². The van der Waals surface area contributed by atoms with Crippen LogP contribution in [-0.4, -0.2) is 96.7 Å². The fourth-order valence-electron chi connectivity index (χ4n) is 10.4. The summed E-state index contributed by atoms with van der Waals surface area (Å²) in [6.45, 7) is 11.8. The third-order valence-electron chi connectivity index (χ3n) is 15.9. The number of ether oxygens (including phenoxy) is 4. The van der Waals surface area contributed by atoms with Crippen LogP contribution in [0.1, 0.15) is 344 Å². The highest BCUT2D eigenvalue weighted by molar-refractivity contribution is 7.47. The minimum absolute atomic E-state index is 0.103. The standard InChI is InChI=1S/C69H134O17P2/c1-8-9-10-11-12-29-36-43-50-66(71)79-56-65(86-69(74)53-46-39-32-25-28-35-42-49-62(6)7)59-84-88(77,78)82-55-63(70)54-81-87(75,76)83-58-64(57-80-67(72)51-44-37-30-24-20-22-27-34-41-48-61(4)5)85-68(73)52-45-38-31-23-19-17-15-13-14-16-18-21-26-33-40-47-60(2)3/h60-65,70H,8-59H2,1-7H3,(H,75,76)(H,77,78)/t63-,64-,65-/m1/s1. The molecule has 0 bridgehead atoms. The van der Waals surface area contributed by atoms with E-state index in [9.17, 15) is 43.2 Å². The van der Waals surface area contributed by atoms with Crippen LogP contribution in [0.2, 0.25) is 0 Å². The average Bonchev–Trinajstić information content (AvgIpc) is 3.42. The van der Waals surface area contributed by atoms with E-state index in [1.807, 2.05) is 0 Å². The lowest BCUT2D eigenvalue weighted by Crippen LogP contribution is -2.30. The number of hydrogen-bond acceptors (Lipinski definition) is 15. The number of carbonyl (C=O) groups excluding carboxylic acids is 4. The lowest BCUT2D eigenvalue weighted by Gasteiger charge is -2.21. The SMILES string of the molecule is CCCCCCCCCCC(=O)OC[C@H](COP(=O)(O)OC[C@H](O)COP(=O)(O)OC[C@@H](COC(=O)CCCCCCCCCCCC(C)C)OC(=O)CCCCCCCCCCCCCCCCCC(C)C)OC(=O)CCCCCCCCCC(C)C. The predicted octanol–water partition coefficient (Wildman–Crippen LogP) is 19.5. The van der Waals surface area contributed by atoms with Crippen LogP contribution in [0.15, 0.2) is 0 Å². The summed E-state index contributed by atoms with van der Waals surface area (Å²) in [5.74, 6) is 0.110. The van der Waals surface area contributed by atoms with E-state index in [0.717, 1.165) is 108 Å². The van der Waals surface area contributed by atoms with E-state index in [4.69, 9.17) is 37.0 Å². The number of aliphatic hydroxyl groups is 1. The average molecular weight is 1300 g/mol. The van der Waals surface area contributed by atoms with Gasteiger partial charge in [0.25, 0.3) is 0 Å². The maximum Gasteiger partial charge on any atom is 0.472 e. The van der Waals surface area contributed by atoms with Crippen LogP contribution in [0.4, 0.5) is 0 Å². The molecule has 0 spiro atoms. The summed E-state index contributed by atoms with van der Waals surface area (Å²) in [4.78, 5) is 72.4. The van der Waals surface area contributed by atoms with E-state index in [-0.39, 0.29) is 25.7 Å². The summed E-state index contributed by atoms with van der Waals surface area (Å²) in [6.07, 6.45) is 43.3. The highest BCUT2D eigenvalue weighted by Gasteiger charge is 2.30. The van der Waals surface area contributed by atoms with Gasteiger partial charge in [0.1, 0.15) is 19.3 Å². The Morgan fingerprint density at radius 2 is 0.523 bits per heavy atom. The molecule has 0 rings (SSSR count). The van der Waals surface area contributed by atoms with Gasteiger partial charge < -0.3 is 33.8 Å². The van der Waals surface area contributed by atoms with Crippen LogP contribution in [0, 0.1) is 17.8 Å². The molecule has 0 aliphatic rings. The number of hydrogen-bond donors (Lipinski definition) is 3. The molecule has 0 radical (unpaired) electrons. The van der Waals surface area contributed by atoms with Gasteiger partial charge in [0.15, 0.2) is 12.2 Å². The first-order chi connectivity index (χ1) is 42.2. The van der Waals surface area contributed by atoms with Crippen LogP contribution in [0.3, 0.4) is 0 Å². The molecule has 0 aliphatic heterocycles. The van der Waals surface area contributed by atoms with Crippen LogP contribution >= 0.6 is 15.6 Å². The molecule has 0 amide bonds. The number of aliphatic hydroxyl groups excluding tert-OH is 1. The molecular weight excluding hydrogens is 1160 g/mol. The lowest BCUT2D eigenvalue weighted by atomic mass is 10.0. The van der Waals surface area contributed by atoms with E-state index < -0.39 is 97.5 Å². The van der Waals surface area contributed by atoms with Gasteiger partial charge in [-0.3, -0.25) is 37.3 Å². The molecule has 0 aliphatic carbocycles. The molecule has 3 N–H and O–H groups in total. The summed E-state index contributed by atoms with van der Waals surface area (Å²) in [6, 6.07) is 0. The summed E-state index contributed by atoms with van der Waals surface area (Å²) in [5.41, 5.74) is 0. The van der Waals surface area contributed by atoms with Gasteiger partial charge in [-0.1, -0.05) is 292 Å². The van der Waals surface area contributed by atoms with Crippen LogP contribution in [0.25, 0.3) is 0 Å². The fourth-order valence-corrected chi connectivity index (χ4v) is 11.9. The topological polar surface area (TPSA) is 237 Å². The van der Waals surface area contributed by atoms with Crippen molar-refractivity contribution in [2.24, 2.45) is 17.8 Å². The maximum absolute atomic E-state index is 13.0. The van der Waals surface area contributed by atoms with Gasteiger partial charge in [-0.2, -0.15) is 0 Å². The summed E-state index contributed by atoms with van der Waals surface area (Å²) < 4.78 is 68.1. The molecule has 0 saturated carbocycles. The smallest absolute Gasteiger partial charge is 0.462 e. The van der Waals surface area contributed by atoms with Gasteiger partial charge >= 0.3 is 39.5 Å². The summed E-state index contributed by atoms with van der Waals surface area (Å²) in [5, 5.41) is 10.6. The second-order valence-electron chi connectivity index (χ2n) is 26.3. The predicted molar refractivity (Wildman–Crippen MR) is 354 cm³/mol. The van der Waals surface area contributed by atoms with Crippen molar-refractivity contribution < 1.29 is 80.2 Å². The molecule has 88 heavy (non-hydrogen) atoms. The number of phosphoric ester groups is 2. The zero-order valence-corrected chi connectivity index (χ0v) is 59.0. The summed E-state index contributed by atoms with van der Waals surface area (Å²) >= 11 is 0. The van der Waals surface area contributed by atoms with Gasteiger partial charge in [0, 0.05) is 25.7 Å². The quantitative estimate of drug-likeness (QED) is 0.0222. The Bertz CT molecular complexity index is 1730.